The van der Waals surface area contributed by atoms with E-state index in [1.807, 2.05) is 20.9 Å². The van der Waals surface area contributed by atoms with Gasteiger partial charge in [-0.25, -0.2) is 4.39 Å². The monoisotopic (exact) mass is 253 g/mol. The van der Waals surface area contributed by atoms with Crippen LogP contribution in [-0.4, -0.2) is 29.5 Å². The molecule has 0 aliphatic rings. The van der Waals surface area contributed by atoms with Crippen LogP contribution in [0.3, 0.4) is 0 Å². The summed E-state index contributed by atoms with van der Waals surface area (Å²) in [5, 5.41) is 11.6. The average Bonchev–Trinajstić information content (AvgIpc) is 2.31. The van der Waals surface area contributed by atoms with Crippen LogP contribution < -0.4 is 5.73 Å². The molecule has 5 heteroatoms. The molecule has 0 fully saturated rings. The van der Waals surface area contributed by atoms with E-state index >= 15 is 0 Å². The summed E-state index contributed by atoms with van der Waals surface area (Å²) in [7, 11) is 1.95. The fourth-order valence-electron chi connectivity index (χ4n) is 1.85. The van der Waals surface area contributed by atoms with Gasteiger partial charge in [0.05, 0.1) is 0 Å². The molecule has 0 aromatic heterocycles. The van der Waals surface area contributed by atoms with Crippen molar-refractivity contribution in [2.24, 2.45) is 16.8 Å². The molecule has 18 heavy (non-hydrogen) atoms. The van der Waals surface area contributed by atoms with Gasteiger partial charge in [-0.3, -0.25) is 0 Å². The number of nitrogens with zero attached hydrogens (tertiary/aromatic N) is 2. The highest BCUT2D eigenvalue weighted by atomic mass is 19.1. The van der Waals surface area contributed by atoms with Gasteiger partial charge in [0, 0.05) is 19.0 Å². The van der Waals surface area contributed by atoms with Crippen molar-refractivity contribution in [1.29, 1.82) is 0 Å². The minimum atomic E-state index is -0.219. The van der Waals surface area contributed by atoms with Gasteiger partial charge in [0.15, 0.2) is 0 Å². The summed E-state index contributed by atoms with van der Waals surface area (Å²) in [5.41, 5.74) is 7.54. The molecule has 0 heterocycles. The van der Waals surface area contributed by atoms with Crippen LogP contribution in [0.2, 0.25) is 0 Å². The van der Waals surface area contributed by atoms with Crippen molar-refractivity contribution in [2.45, 2.75) is 20.4 Å². The summed E-state index contributed by atoms with van der Waals surface area (Å²) in [6, 6.07) is 4.77. The number of amidine groups is 1. The highest BCUT2D eigenvalue weighted by Gasteiger charge is 2.12. The second-order valence-corrected chi connectivity index (χ2v) is 4.69. The molecule has 0 saturated heterocycles. The van der Waals surface area contributed by atoms with Crippen molar-refractivity contribution >= 4 is 5.84 Å². The first-order chi connectivity index (χ1) is 8.43. The van der Waals surface area contributed by atoms with Crippen molar-refractivity contribution in [3.8, 4) is 0 Å². The Kier molecular flexibility index (Phi) is 5.09. The van der Waals surface area contributed by atoms with E-state index in [0.717, 1.165) is 11.1 Å². The molecule has 1 rings (SSSR count). The van der Waals surface area contributed by atoms with E-state index in [9.17, 15) is 4.39 Å². The fraction of sp³-hybridized carbons (Fsp3) is 0.462. The molecule has 0 radical (unpaired) electrons. The lowest BCUT2D eigenvalue weighted by Gasteiger charge is -2.21. The molecule has 0 amide bonds. The van der Waals surface area contributed by atoms with Crippen LogP contribution >= 0.6 is 0 Å². The number of hydrogen-bond acceptors (Lipinski definition) is 3. The quantitative estimate of drug-likeness (QED) is 0.365. The normalized spacial score (nSPS) is 13.9. The summed E-state index contributed by atoms with van der Waals surface area (Å²) >= 11 is 0. The van der Waals surface area contributed by atoms with Crippen LogP contribution in [0.4, 0.5) is 4.39 Å². The van der Waals surface area contributed by atoms with E-state index in [2.05, 4.69) is 10.1 Å². The Balaban J connectivity index is 2.62. The van der Waals surface area contributed by atoms with Crippen LogP contribution in [0.15, 0.2) is 23.4 Å². The lowest BCUT2D eigenvalue weighted by molar-refractivity contribution is 0.290. The van der Waals surface area contributed by atoms with Crippen LogP contribution in [-0.2, 0) is 6.54 Å². The fourth-order valence-corrected chi connectivity index (χ4v) is 1.85. The number of aryl methyl sites for hydroxylation is 1. The molecule has 1 unspecified atom stereocenters. The number of benzene rings is 1. The highest BCUT2D eigenvalue weighted by molar-refractivity contribution is 5.82. The van der Waals surface area contributed by atoms with Crippen molar-refractivity contribution < 1.29 is 9.60 Å². The minimum Gasteiger partial charge on any atom is -0.409 e. The van der Waals surface area contributed by atoms with Crippen LogP contribution in [0.1, 0.15) is 18.1 Å². The predicted octanol–water partition coefficient (Wildman–Crippen LogP) is 1.95. The largest absolute Gasteiger partial charge is 0.409 e. The van der Waals surface area contributed by atoms with E-state index in [0.29, 0.717) is 13.1 Å². The lowest BCUT2D eigenvalue weighted by Crippen LogP contribution is -2.32. The number of rotatable bonds is 5. The first-order valence-electron chi connectivity index (χ1n) is 5.85. The summed E-state index contributed by atoms with van der Waals surface area (Å²) in [6.07, 6.45) is 0. The Hall–Kier alpha value is -1.62. The SMILES string of the molecule is Cc1cc(F)ccc1CN(C)CC(C)/C(N)=N/O. The molecular weight excluding hydrogens is 233 g/mol. The topological polar surface area (TPSA) is 61.8 Å². The molecule has 3 N–H and O–H groups in total. The van der Waals surface area contributed by atoms with Gasteiger partial charge < -0.3 is 15.8 Å². The lowest BCUT2D eigenvalue weighted by atomic mass is 10.1. The third-order valence-electron chi connectivity index (χ3n) is 2.95. The van der Waals surface area contributed by atoms with Crippen molar-refractivity contribution in [3.05, 3.63) is 35.1 Å². The Morgan fingerprint density at radius 1 is 1.56 bits per heavy atom. The Morgan fingerprint density at radius 2 is 2.22 bits per heavy atom. The van der Waals surface area contributed by atoms with Gasteiger partial charge in [-0.05, 0) is 37.2 Å². The molecule has 0 bridgehead atoms. The molecule has 1 aromatic rings. The van der Waals surface area contributed by atoms with Crippen molar-refractivity contribution in [2.75, 3.05) is 13.6 Å². The van der Waals surface area contributed by atoms with Gasteiger partial charge in [0.1, 0.15) is 11.7 Å². The molecule has 1 aromatic carbocycles. The summed E-state index contributed by atoms with van der Waals surface area (Å²) in [4.78, 5) is 2.06. The Bertz CT molecular complexity index is 434. The third kappa shape index (κ3) is 4.00. The van der Waals surface area contributed by atoms with Crippen molar-refractivity contribution in [1.82, 2.24) is 4.90 Å². The number of hydrogen-bond donors (Lipinski definition) is 2. The van der Waals surface area contributed by atoms with E-state index < -0.39 is 0 Å². The maximum absolute atomic E-state index is 13.0. The molecule has 0 spiro atoms. The number of halogens is 1. The summed E-state index contributed by atoms with van der Waals surface area (Å²) in [5.74, 6) is -0.0256. The van der Waals surface area contributed by atoms with Crippen LogP contribution in [0.25, 0.3) is 0 Å². The average molecular weight is 253 g/mol. The predicted molar refractivity (Wildman–Crippen MR) is 70.0 cm³/mol. The standard InChI is InChI=1S/C13H20FN3O/c1-9-6-12(14)5-4-11(9)8-17(3)7-10(2)13(15)16-18/h4-6,10,18H,7-8H2,1-3H3,(H2,15,16). The summed E-state index contributed by atoms with van der Waals surface area (Å²) < 4.78 is 13.0. The highest BCUT2D eigenvalue weighted by Crippen LogP contribution is 2.13. The second-order valence-electron chi connectivity index (χ2n) is 4.69. The molecule has 4 nitrogen and oxygen atoms in total. The van der Waals surface area contributed by atoms with E-state index in [4.69, 9.17) is 10.9 Å². The molecule has 1 atom stereocenters. The smallest absolute Gasteiger partial charge is 0.143 e. The first-order valence-corrected chi connectivity index (χ1v) is 5.85. The zero-order chi connectivity index (χ0) is 13.7. The second kappa shape index (κ2) is 6.35. The first kappa shape index (κ1) is 14.4. The van der Waals surface area contributed by atoms with E-state index in [1.54, 1.807) is 6.07 Å². The molecular formula is C13H20FN3O. The van der Waals surface area contributed by atoms with Crippen LogP contribution in [0.5, 0.6) is 0 Å². The van der Waals surface area contributed by atoms with Gasteiger partial charge in [-0.2, -0.15) is 0 Å². The van der Waals surface area contributed by atoms with Gasteiger partial charge in [0.2, 0.25) is 0 Å². The minimum absolute atomic E-state index is 0.0271. The number of oxime groups is 1. The zero-order valence-corrected chi connectivity index (χ0v) is 11.0. The molecule has 0 saturated carbocycles. The van der Waals surface area contributed by atoms with Gasteiger partial charge in [-0.15, -0.1) is 0 Å². The summed E-state index contributed by atoms with van der Waals surface area (Å²) in [6.45, 7) is 5.16. The number of nitrogens with two attached hydrogens (primary N) is 1. The Morgan fingerprint density at radius 3 is 2.78 bits per heavy atom. The van der Waals surface area contributed by atoms with Gasteiger partial charge in [-0.1, -0.05) is 18.1 Å². The third-order valence-corrected chi connectivity index (χ3v) is 2.95. The van der Waals surface area contributed by atoms with Gasteiger partial charge in [0.25, 0.3) is 0 Å². The van der Waals surface area contributed by atoms with E-state index in [1.165, 1.54) is 12.1 Å². The Labute approximate surface area is 107 Å². The zero-order valence-electron chi connectivity index (χ0n) is 11.0. The van der Waals surface area contributed by atoms with Crippen LogP contribution in [0, 0.1) is 18.7 Å². The molecule has 0 aliphatic carbocycles. The van der Waals surface area contributed by atoms with E-state index in [-0.39, 0.29) is 17.6 Å². The van der Waals surface area contributed by atoms with Gasteiger partial charge >= 0.3 is 0 Å². The molecule has 0 aliphatic heterocycles. The maximum Gasteiger partial charge on any atom is 0.143 e. The maximum atomic E-state index is 13.0. The molecule has 100 valence electrons. The van der Waals surface area contributed by atoms with Crippen molar-refractivity contribution in [3.63, 3.8) is 0 Å².